The average Bonchev–Trinajstić information content (AvgIpc) is 3.07. The predicted octanol–water partition coefficient (Wildman–Crippen LogP) is 3.91. The first-order valence-electron chi connectivity index (χ1n) is 7.57. The molecule has 5 nitrogen and oxygen atoms in total. The standard InChI is InChI=1S/C17H16N2O3S/c1-10-2-6-14-13(8-10)19-17(22-14)23-9-12-5-7-15(21-12)16(20)18-11-3-4-11/h2,5-8,11H,3-4,9H2,1H3,(H,18,20). The maximum Gasteiger partial charge on any atom is 0.287 e. The number of carbonyl (C=O) groups is 1. The molecule has 1 aliphatic rings. The maximum absolute atomic E-state index is 11.9. The van der Waals surface area contributed by atoms with Crippen molar-refractivity contribution in [2.45, 2.75) is 36.8 Å². The van der Waals surface area contributed by atoms with Crippen LogP contribution in [0.1, 0.15) is 34.7 Å². The monoisotopic (exact) mass is 328 g/mol. The lowest BCUT2D eigenvalue weighted by Crippen LogP contribution is -2.24. The number of aromatic nitrogens is 1. The zero-order chi connectivity index (χ0) is 15.8. The van der Waals surface area contributed by atoms with E-state index >= 15 is 0 Å². The molecule has 3 aromatic rings. The molecule has 0 saturated heterocycles. The lowest BCUT2D eigenvalue weighted by atomic mass is 10.2. The fraction of sp³-hybridized carbons (Fsp3) is 0.294. The zero-order valence-corrected chi connectivity index (χ0v) is 13.5. The van der Waals surface area contributed by atoms with Crippen LogP contribution in [0, 0.1) is 6.92 Å². The second kappa shape index (κ2) is 5.77. The van der Waals surface area contributed by atoms with E-state index in [1.807, 2.05) is 31.2 Å². The summed E-state index contributed by atoms with van der Waals surface area (Å²) >= 11 is 1.45. The van der Waals surface area contributed by atoms with Crippen LogP contribution >= 0.6 is 11.8 Å². The van der Waals surface area contributed by atoms with Gasteiger partial charge in [-0.1, -0.05) is 17.8 Å². The first kappa shape index (κ1) is 14.4. The largest absolute Gasteiger partial charge is 0.455 e. The van der Waals surface area contributed by atoms with Gasteiger partial charge in [0.25, 0.3) is 11.1 Å². The van der Waals surface area contributed by atoms with Crippen molar-refractivity contribution < 1.29 is 13.6 Å². The Labute approximate surface area is 137 Å². The molecule has 23 heavy (non-hydrogen) atoms. The number of oxazole rings is 1. The maximum atomic E-state index is 11.9. The third kappa shape index (κ3) is 3.27. The summed E-state index contributed by atoms with van der Waals surface area (Å²) in [5, 5.41) is 3.51. The summed E-state index contributed by atoms with van der Waals surface area (Å²) in [4.78, 5) is 16.3. The van der Waals surface area contributed by atoms with Gasteiger partial charge in [0.05, 0.1) is 5.75 Å². The second-order valence-corrected chi connectivity index (χ2v) is 6.68. The molecule has 0 radical (unpaired) electrons. The predicted molar refractivity (Wildman–Crippen MR) is 87.5 cm³/mol. The van der Waals surface area contributed by atoms with Crippen molar-refractivity contribution in [2.75, 3.05) is 0 Å². The number of hydrogen-bond acceptors (Lipinski definition) is 5. The van der Waals surface area contributed by atoms with Gasteiger partial charge in [0.1, 0.15) is 11.3 Å². The van der Waals surface area contributed by atoms with Crippen LogP contribution in [0.3, 0.4) is 0 Å². The highest BCUT2D eigenvalue weighted by molar-refractivity contribution is 7.98. The van der Waals surface area contributed by atoms with E-state index in [0.29, 0.717) is 22.8 Å². The fourth-order valence-electron chi connectivity index (χ4n) is 2.27. The smallest absolute Gasteiger partial charge is 0.287 e. The van der Waals surface area contributed by atoms with E-state index in [-0.39, 0.29) is 5.91 Å². The minimum Gasteiger partial charge on any atom is -0.455 e. The molecule has 1 N–H and O–H groups in total. The number of nitrogens with zero attached hydrogens (tertiary/aromatic N) is 1. The molecule has 4 rings (SSSR count). The summed E-state index contributed by atoms with van der Waals surface area (Å²) < 4.78 is 11.3. The van der Waals surface area contributed by atoms with Gasteiger partial charge in [0, 0.05) is 6.04 Å². The van der Waals surface area contributed by atoms with Crippen molar-refractivity contribution in [2.24, 2.45) is 0 Å². The van der Waals surface area contributed by atoms with Crippen LogP contribution in [0.4, 0.5) is 0 Å². The van der Waals surface area contributed by atoms with Crippen molar-refractivity contribution in [3.05, 3.63) is 47.4 Å². The quantitative estimate of drug-likeness (QED) is 0.719. The molecule has 2 heterocycles. The number of rotatable bonds is 5. The Morgan fingerprint density at radius 3 is 3.00 bits per heavy atom. The molecule has 1 saturated carbocycles. The number of nitrogens with one attached hydrogen (secondary N) is 1. The minimum absolute atomic E-state index is 0.138. The molecular weight excluding hydrogens is 312 g/mol. The van der Waals surface area contributed by atoms with E-state index in [2.05, 4.69) is 10.3 Å². The van der Waals surface area contributed by atoms with Crippen molar-refractivity contribution >= 4 is 28.8 Å². The van der Waals surface area contributed by atoms with E-state index in [1.165, 1.54) is 11.8 Å². The highest BCUT2D eigenvalue weighted by Gasteiger charge is 2.25. The molecule has 1 fully saturated rings. The third-order valence-corrected chi connectivity index (χ3v) is 4.51. The Kier molecular flexibility index (Phi) is 3.61. The van der Waals surface area contributed by atoms with Crippen molar-refractivity contribution in [3.63, 3.8) is 0 Å². The second-order valence-electron chi connectivity index (χ2n) is 5.75. The van der Waals surface area contributed by atoms with Crippen molar-refractivity contribution in [1.29, 1.82) is 0 Å². The normalized spacial score (nSPS) is 14.3. The van der Waals surface area contributed by atoms with Gasteiger partial charge in [-0.25, -0.2) is 4.98 Å². The summed E-state index contributed by atoms with van der Waals surface area (Å²) in [5.74, 6) is 1.53. The van der Waals surface area contributed by atoms with Crippen LogP contribution in [0.2, 0.25) is 0 Å². The number of carbonyl (C=O) groups excluding carboxylic acids is 1. The van der Waals surface area contributed by atoms with E-state index in [4.69, 9.17) is 8.83 Å². The molecule has 6 heteroatoms. The number of hydrogen-bond donors (Lipinski definition) is 1. The first-order chi connectivity index (χ1) is 11.2. The van der Waals surface area contributed by atoms with Crippen LogP contribution in [-0.2, 0) is 5.75 Å². The Morgan fingerprint density at radius 1 is 1.30 bits per heavy atom. The molecule has 118 valence electrons. The average molecular weight is 328 g/mol. The molecule has 1 aliphatic carbocycles. The number of fused-ring (bicyclic) bond motifs is 1. The van der Waals surface area contributed by atoms with Crippen LogP contribution in [0.15, 0.2) is 44.4 Å². The molecule has 0 atom stereocenters. The number of amides is 1. The molecule has 2 aromatic heterocycles. The van der Waals surface area contributed by atoms with E-state index in [9.17, 15) is 4.79 Å². The lowest BCUT2D eigenvalue weighted by Gasteiger charge is -1.99. The van der Waals surface area contributed by atoms with Gasteiger partial charge < -0.3 is 14.2 Å². The topological polar surface area (TPSA) is 68.3 Å². The SMILES string of the molecule is Cc1ccc2oc(SCc3ccc(C(=O)NC4CC4)o3)nc2c1. The van der Waals surface area contributed by atoms with Gasteiger partial charge in [-0.15, -0.1) is 0 Å². The van der Waals surface area contributed by atoms with Gasteiger partial charge in [-0.2, -0.15) is 0 Å². The third-order valence-electron chi connectivity index (χ3n) is 3.66. The van der Waals surface area contributed by atoms with E-state index in [0.717, 1.165) is 35.3 Å². The molecule has 1 amide bonds. The number of aryl methyl sites for hydroxylation is 1. The van der Waals surface area contributed by atoms with Gasteiger partial charge in [-0.3, -0.25) is 4.79 Å². The molecule has 0 unspecified atom stereocenters. The van der Waals surface area contributed by atoms with Crippen LogP contribution in [-0.4, -0.2) is 16.9 Å². The van der Waals surface area contributed by atoms with Crippen LogP contribution in [0.25, 0.3) is 11.1 Å². The fourth-order valence-corrected chi connectivity index (χ4v) is 3.01. The lowest BCUT2D eigenvalue weighted by molar-refractivity contribution is 0.0922. The number of furan rings is 1. The van der Waals surface area contributed by atoms with E-state index in [1.54, 1.807) is 6.07 Å². The molecular formula is C17H16N2O3S. The Bertz CT molecular complexity index is 864. The van der Waals surface area contributed by atoms with Gasteiger partial charge in [0.15, 0.2) is 11.3 Å². The van der Waals surface area contributed by atoms with Gasteiger partial charge in [-0.05, 0) is 49.6 Å². The van der Waals surface area contributed by atoms with Crippen LogP contribution in [0.5, 0.6) is 0 Å². The Hall–Kier alpha value is -2.21. The Balaban J connectivity index is 1.41. The summed E-state index contributed by atoms with van der Waals surface area (Å²) in [6, 6.07) is 9.78. The summed E-state index contributed by atoms with van der Waals surface area (Å²) in [6.07, 6.45) is 2.12. The molecule has 0 bridgehead atoms. The zero-order valence-electron chi connectivity index (χ0n) is 12.7. The first-order valence-corrected chi connectivity index (χ1v) is 8.55. The molecule has 0 aliphatic heterocycles. The molecule has 1 aromatic carbocycles. The van der Waals surface area contributed by atoms with Crippen LogP contribution < -0.4 is 5.32 Å². The number of benzene rings is 1. The summed E-state index contributed by atoms with van der Waals surface area (Å²) in [6.45, 7) is 2.03. The van der Waals surface area contributed by atoms with Crippen molar-refractivity contribution in [1.82, 2.24) is 10.3 Å². The molecule has 0 spiro atoms. The number of thioether (sulfide) groups is 1. The van der Waals surface area contributed by atoms with E-state index < -0.39 is 0 Å². The minimum atomic E-state index is -0.138. The Morgan fingerprint density at radius 2 is 2.17 bits per heavy atom. The summed E-state index contributed by atoms with van der Waals surface area (Å²) in [5.41, 5.74) is 2.79. The van der Waals surface area contributed by atoms with Gasteiger partial charge >= 0.3 is 0 Å². The van der Waals surface area contributed by atoms with Crippen molar-refractivity contribution in [3.8, 4) is 0 Å². The highest BCUT2D eigenvalue weighted by Crippen LogP contribution is 2.27. The van der Waals surface area contributed by atoms with Gasteiger partial charge in [0.2, 0.25) is 0 Å². The summed E-state index contributed by atoms with van der Waals surface area (Å²) in [7, 11) is 0. The highest BCUT2D eigenvalue weighted by atomic mass is 32.2.